The summed E-state index contributed by atoms with van der Waals surface area (Å²) >= 11 is 0. The van der Waals surface area contributed by atoms with Crippen LogP contribution in [-0.2, 0) is 14.3 Å². The molecule has 1 saturated heterocycles. The van der Waals surface area contributed by atoms with Crippen molar-refractivity contribution in [3.05, 3.63) is 36.5 Å². The van der Waals surface area contributed by atoms with Crippen molar-refractivity contribution in [3.63, 3.8) is 0 Å². The summed E-state index contributed by atoms with van der Waals surface area (Å²) in [6.45, 7) is 3.73. The maximum atomic E-state index is 12.9. The van der Waals surface area contributed by atoms with Crippen molar-refractivity contribution in [3.8, 4) is 0 Å². The fourth-order valence-electron chi connectivity index (χ4n) is 7.35. The monoisotopic (exact) mass is 808 g/mol. The van der Waals surface area contributed by atoms with Crippen molar-refractivity contribution in [2.24, 2.45) is 0 Å². The number of carbonyl (C=O) groups is 1. The normalized spacial score (nSPS) is 21.3. The third-order valence-electron chi connectivity index (χ3n) is 11.2. The maximum Gasteiger partial charge on any atom is 0.220 e. The summed E-state index contributed by atoms with van der Waals surface area (Å²) in [5, 5.41) is 54.2. The molecule has 9 heteroatoms. The largest absolute Gasteiger partial charge is 0.394 e. The summed E-state index contributed by atoms with van der Waals surface area (Å²) in [7, 11) is 0. The Bertz CT molecular complexity index is 987. The predicted molar refractivity (Wildman–Crippen MR) is 235 cm³/mol. The minimum atomic E-state index is -1.57. The van der Waals surface area contributed by atoms with Gasteiger partial charge in [0.2, 0.25) is 5.91 Å². The van der Waals surface area contributed by atoms with Crippen LogP contribution < -0.4 is 5.32 Å². The van der Waals surface area contributed by atoms with Crippen molar-refractivity contribution in [1.29, 1.82) is 0 Å². The van der Waals surface area contributed by atoms with Gasteiger partial charge >= 0.3 is 0 Å². The molecule has 0 radical (unpaired) electrons. The van der Waals surface area contributed by atoms with Crippen molar-refractivity contribution in [2.45, 2.75) is 249 Å². The number of aliphatic hydroxyl groups excluding tert-OH is 5. The van der Waals surface area contributed by atoms with Crippen molar-refractivity contribution < 1.29 is 39.8 Å². The first kappa shape index (κ1) is 53.4. The summed E-state index contributed by atoms with van der Waals surface area (Å²) in [5.41, 5.74) is 0. The molecule has 0 bridgehead atoms. The molecule has 0 aromatic carbocycles. The highest BCUT2D eigenvalue weighted by molar-refractivity contribution is 5.76. The number of carbonyl (C=O) groups excluding carboxylic acids is 1. The molecule has 1 amide bonds. The van der Waals surface area contributed by atoms with Gasteiger partial charge in [-0.2, -0.15) is 0 Å². The molecule has 0 aliphatic carbocycles. The van der Waals surface area contributed by atoms with E-state index < -0.39 is 49.5 Å². The van der Waals surface area contributed by atoms with Crippen LogP contribution in [0, 0.1) is 0 Å². The van der Waals surface area contributed by atoms with E-state index in [2.05, 4.69) is 43.5 Å². The van der Waals surface area contributed by atoms with Gasteiger partial charge in [-0.3, -0.25) is 4.79 Å². The van der Waals surface area contributed by atoms with E-state index in [1.165, 1.54) is 116 Å². The first-order chi connectivity index (χ1) is 27.8. The minimum absolute atomic E-state index is 0.191. The van der Waals surface area contributed by atoms with Gasteiger partial charge in [0.15, 0.2) is 6.29 Å². The van der Waals surface area contributed by atoms with E-state index in [1.807, 2.05) is 6.08 Å². The first-order valence-electron chi connectivity index (χ1n) is 23.7. The fraction of sp³-hybridized carbons (Fsp3) is 0.854. The van der Waals surface area contributed by atoms with Crippen LogP contribution in [0.25, 0.3) is 0 Å². The van der Waals surface area contributed by atoms with E-state index in [1.54, 1.807) is 6.08 Å². The van der Waals surface area contributed by atoms with Crippen LogP contribution in [0.5, 0.6) is 0 Å². The standard InChI is InChI=1S/C48H89NO8/c1-3-5-7-9-11-13-15-17-19-20-21-22-23-24-25-27-29-31-33-35-37-42(51)41(40-56-48-47(55)46(54)45(53)43(39-50)57-48)49-44(52)38-36-34-32-30-28-26-18-16-14-12-10-8-6-4-2/h10,12,16,18,35,37,41-43,45-48,50-51,53-55H,3-9,11,13-15,17,19-34,36,38-40H2,1-2H3,(H,49,52)/b12-10-,18-16-,37-35+. The molecule has 0 saturated carbocycles. The zero-order valence-corrected chi connectivity index (χ0v) is 36.6. The second kappa shape index (κ2) is 38.6. The number of hydrogen-bond acceptors (Lipinski definition) is 8. The molecule has 1 aliphatic rings. The molecular weight excluding hydrogens is 719 g/mol. The Balaban J connectivity index is 2.34. The fourth-order valence-corrected chi connectivity index (χ4v) is 7.35. The van der Waals surface area contributed by atoms with Crippen molar-refractivity contribution in [2.75, 3.05) is 13.2 Å². The molecule has 7 unspecified atom stereocenters. The quantitative estimate of drug-likeness (QED) is 0.0266. The minimum Gasteiger partial charge on any atom is -0.394 e. The van der Waals surface area contributed by atoms with Crippen molar-refractivity contribution in [1.82, 2.24) is 5.32 Å². The van der Waals surface area contributed by atoms with Gasteiger partial charge < -0.3 is 40.3 Å². The Hall–Kier alpha value is -1.59. The van der Waals surface area contributed by atoms with Gasteiger partial charge in [0.1, 0.15) is 24.4 Å². The maximum absolute atomic E-state index is 12.9. The van der Waals surface area contributed by atoms with E-state index in [0.717, 1.165) is 70.6 Å². The summed E-state index contributed by atoms with van der Waals surface area (Å²) in [6.07, 6.45) is 40.4. The second-order valence-corrected chi connectivity index (χ2v) is 16.5. The summed E-state index contributed by atoms with van der Waals surface area (Å²) in [6, 6.07) is -0.810. The average molecular weight is 808 g/mol. The van der Waals surface area contributed by atoms with Crippen LogP contribution in [0.2, 0.25) is 0 Å². The van der Waals surface area contributed by atoms with E-state index in [0.29, 0.717) is 6.42 Å². The van der Waals surface area contributed by atoms with Crippen LogP contribution in [0.4, 0.5) is 0 Å². The SMILES string of the molecule is CCCC/C=C\C/C=C\CCCCCCCC(=O)NC(COC1OC(CO)C(O)C(O)C1O)C(O)/C=C/CCCCCCCCCCCCCCCCCCCC. The second-order valence-electron chi connectivity index (χ2n) is 16.5. The highest BCUT2D eigenvalue weighted by Crippen LogP contribution is 2.23. The first-order valence-corrected chi connectivity index (χ1v) is 23.7. The lowest BCUT2D eigenvalue weighted by molar-refractivity contribution is -0.302. The predicted octanol–water partition coefficient (Wildman–Crippen LogP) is 10.1. The number of amides is 1. The molecule has 57 heavy (non-hydrogen) atoms. The molecule has 1 fully saturated rings. The van der Waals surface area contributed by atoms with Crippen LogP contribution in [0.1, 0.15) is 206 Å². The van der Waals surface area contributed by atoms with Gasteiger partial charge in [-0.05, 0) is 44.9 Å². The molecule has 6 N–H and O–H groups in total. The van der Waals surface area contributed by atoms with Crippen LogP contribution in [-0.4, -0.2) is 87.5 Å². The zero-order valence-electron chi connectivity index (χ0n) is 36.6. The zero-order chi connectivity index (χ0) is 41.6. The molecule has 0 aromatic rings. The Morgan fingerprint density at radius 3 is 1.56 bits per heavy atom. The molecule has 0 spiro atoms. The molecule has 7 atom stereocenters. The van der Waals surface area contributed by atoms with Gasteiger partial charge in [0.25, 0.3) is 0 Å². The van der Waals surface area contributed by atoms with Gasteiger partial charge in [-0.1, -0.05) is 192 Å². The topological polar surface area (TPSA) is 149 Å². The smallest absolute Gasteiger partial charge is 0.220 e. The molecule has 9 nitrogen and oxygen atoms in total. The Morgan fingerprint density at radius 1 is 0.596 bits per heavy atom. The number of rotatable bonds is 39. The lowest BCUT2D eigenvalue weighted by Gasteiger charge is -2.40. The molecule has 334 valence electrons. The lowest BCUT2D eigenvalue weighted by Crippen LogP contribution is -2.60. The number of ether oxygens (including phenoxy) is 2. The number of unbranched alkanes of at least 4 members (excludes halogenated alkanes) is 25. The van der Waals surface area contributed by atoms with Gasteiger partial charge in [-0.15, -0.1) is 0 Å². The highest BCUT2D eigenvalue weighted by atomic mass is 16.7. The van der Waals surface area contributed by atoms with Gasteiger partial charge in [-0.25, -0.2) is 0 Å². The van der Waals surface area contributed by atoms with E-state index >= 15 is 0 Å². The number of allylic oxidation sites excluding steroid dienone is 5. The van der Waals surface area contributed by atoms with Crippen LogP contribution in [0.3, 0.4) is 0 Å². The Kier molecular flexibility index (Phi) is 36.2. The van der Waals surface area contributed by atoms with E-state index in [9.17, 15) is 30.3 Å². The number of hydrogen-bond donors (Lipinski definition) is 6. The summed E-state index contributed by atoms with van der Waals surface area (Å²) < 4.78 is 11.2. The molecule has 1 rings (SSSR count). The molecule has 1 aliphatic heterocycles. The third-order valence-corrected chi connectivity index (χ3v) is 11.2. The third kappa shape index (κ3) is 29.3. The summed E-state index contributed by atoms with van der Waals surface area (Å²) in [4.78, 5) is 12.9. The van der Waals surface area contributed by atoms with Gasteiger partial charge in [0.05, 0.1) is 25.4 Å². The molecular formula is C48H89NO8. The Labute approximate surface area is 349 Å². The molecule has 0 aromatic heterocycles. The highest BCUT2D eigenvalue weighted by Gasteiger charge is 2.44. The van der Waals surface area contributed by atoms with Crippen molar-refractivity contribution >= 4 is 5.91 Å². The Morgan fingerprint density at radius 2 is 1.05 bits per heavy atom. The van der Waals surface area contributed by atoms with Crippen LogP contribution >= 0.6 is 0 Å². The van der Waals surface area contributed by atoms with E-state index in [-0.39, 0.29) is 12.5 Å². The number of aliphatic hydroxyl groups is 5. The summed E-state index contributed by atoms with van der Waals surface area (Å²) in [5.74, 6) is -0.191. The molecule has 1 heterocycles. The van der Waals surface area contributed by atoms with Gasteiger partial charge in [0, 0.05) is 6.42 Å². The number of nitrogens with one attached hydrogen (secondary N) is 1. The lowest BCUT2D eigenvalue weighted by atomic mass is 9.99. The van der Waals surface area contributed by atoms with E-state index in [4.69, 9.17) is 9.47 Å². The van der Waals surface area contributed by atoms with Crippen LogP contribution in [0.15, 0.2) is 36.5 Å². The average Bonchev–Trinajstić information content (AvgIpc) is 3.21.